The van der Waals surface area contributed by atoms with Crippen molar-refractivity contribution >= 4 is 23.0 Å². The normalized spacial score (nSPS) is 24.4. The fourth-order valence-corrected chi connectivity index (χ4v) is 2.77. The molecule has 0 radical (unpaired) electrons. The Hall–Kier alpha value is -1.61. The SMILES string of the molecule is CO/N=C1\c2sccc2C(NC(=O)C(F)(F)F)C1O. The fraction of sp³-hybridized carbons (Fsp3) is 0.400. The highest BCUT2D eigenvalue weighted by molar-refractivity contribution is 7.12. The molecule has 1 aliphatic carbocycles. The number of carbonyl (C=O) groups excluding carboxylic acids is 1. The van der Waals surface area contributed by atoms with E-state index in [1.807, 2.05) is 0 Å². The van der Waals surface area contributed by atoms with Crippen LogP contribution in [0.25, 0.3) is 0 Å². The summed E-state index contributed by atoms with van der Waals surface area (Å²) in [6.45, 7) is 0. The maximum Gasteiger partial charge on any atom is 0.471 e. The van der Waals surface area contributed by atoms with Crippen LogP contribution < -0.4 is 5.32 Å². The average Bonchev–Trinajstić information content (AvgIpc) is 2.86. The molecular formula is C10H9F3N2O3S. The van der Waals surface area contributed by atoms with Gasteiger partial charge in [0.05, 0.1) is 10.9 Å². The number of carbonyl (C=O) groups is 1. The smallest absolute Gasteiger partial charge is 0.399 e. The van der Waals surface area contributed by atoms with Gasteiger partial charge in [-0.1, -0.05) is 5.16 Å². The number of hydrogen-bond acceptors (Lipinski definition) is 5. The lowest BCUT2D eigenvalue weighted by molar-refractivity contribution is -0.174. The first-order valence-electron chi connectivity index (χ1n) is 5.10. The number of amides is 1. The summed E-state index contributed by atoms with van der Waals surface area (Å²) >= 11 is 1.20. The Labute approximate surface area is 109 Å². The van der Waals surface area contributed by atoms with Gasteiger partial charge in [-0.15, -0.1) is 11.3 Å². The topological polar surface area (TPSA) is 70.9 Å². The van der Waals surface area contributed by atoms with Crippen molar-refractivity contribution in [2.75, 3.05) is 7.11 Å². The number of aliphatic hydroxyl groups excluding tert-OH is 1. The Bertz CT molecular complexity index is 526. The first kappa shape index (κ1) is 13.8. The number of fused-ring (bicyclic) bond motifs is 1. The summed E-state index contributed by atoms with van der Waals surface area (Å²) in [7, 11) is 1.26. The van der Waals surface area contributed by atoms with Crippen molar-refractivity contribution in [2.24, 2.45) is 5.16 Å². The number of halogens is 3. The van der Waals surface area contributed by atoms with E-state index in [4.69, 9.17) is 0 Å². The summed E-state index contributed by atoms with van der Waals surface area (Å²) in [5, 5.41) is 16.9. The quantitative estimate of drug-likeness (QED) is 0.805. The van der Waals surface area contributed by atoms with Gasteiger partial charge in [0.25, 0.3) is 0 Å². The molecule has 0 saturated carbocycles. The van der Waals surface area contributed by atoms with Crippen LogP contribution in [0.5, 0.6) is 0 Å². The molecule has 19 heavy (non-hydrogen) atoms. The molecule has 2 atom stereocenters. The van der Waals surface area contributed by atoms with E-state index < -0.39 is 24.2 Å². The molecule has 1 amide bonds. The molecule has 1 aliphatic rings. The molecule has 0 aromatic carbocycles. The minimum Gasteiger partial charge on any atom is -0.399 e. The third-order valence-electron chi connectivity index (χ3n) is 2.59. The van der Waals surface area contributed by atoms with Gasteiger partial charge in [-0.3, -0.25) is 4.79 Å². The van der Waals surface area contributed by atoms with Crippen molar-refractivity contribution < 1.29 is 27.9 Å². The van der Waals surface area contributed by atoms with E-state index in [2.05, 4.69) is 9.99 Å². The van der Waals surface area contributed by atoms with Crippen LogP contribution in [-0.2, 0) is 9.63 Å². The van der Waals surface area contributed by atoms with Crippen molar-refractivity contribution in [3.63, 3.8) is 0 Å². The zero-order chi connectivity index (χ0) is 14.2. The Morgan fingerprint density at radius 1 is 1.58 bits per heavy atom. The zero-order valence-electron chi connectivity index (χ0n) is 9.56. The van der Waals surface area contributed by atoms with E-state index in [9.17, 15) is 23.1 Å². The molecule has 0 spiro atoms. The number of oxime groups is 1. The third-order valence-corrected chi connectivity index (χ3v) is 3.55. The van der Waals surface area contributed by atoms with E-state index in [1.165, 1.54) is 24.5 Å². The molecular weight excluding hydrogens is 285 g/mol. The number of nitrogens with one attached hydrogen (secondary N) is 1. The first-order chi connectivity index (χ1) is 8.86. The lowest BCUT2D eigenvalue weighted by Gasteiger charge is -2.18. The van der Waals surface area contributed by atoms with Crippen LogP contribution in [0.3, 0.4) is 0 Å². The highest BCUT2D eigenvalue weighted by Gasteiger charge is 2.45. The standard InChI is InChI=1S/C10H9F3N2O3S/c1-18-15-6-7(16)5(4-2-3-19-8(4)6)14-9(17)10(11,12)13/h2-3,5,7,16H,1H3,(H,14,17)/b15-6-. The predicted octanol–water partition coefficient (Wildman–Crippen LogP) is 1.19. The molecule has 0 aliphatic heterocycles. The van der Waals surface area contributed by atoms with Crippen LogP contribution in [-0.4, -0.2) is 36.1 Å². The van der Waals surface area contributed by atoms with Crippen LogP contribution in [0.4, 0.5) is 13.2 Å². The monoisotopic (exact) mass is 294 g/mol. The van der Waals surface area contributed by atoms with Gasteiger partial charge in [-0.2, -0.15) is 13.2 Å². The van der Waals surface area contributed by atoms with Gasteiger partial charge in [0.15, 0.2) is 0 Å². The van der Waals surface area contributed by atoms with E-state index in [-0.39, 0.29) is 5.71 Å². The summed E-state index contributed by atoms with van der Waals surface area (Å²) in [5.74, 6) is -2.10. The minimum atomic E-state index is -5.00. The van der Waals surface area contributed by atoms with E-state index in [1.54, 1.807) is 10.7 Å². The molecule has 2 unspecified atom stereocenters. The molecule has 2 rings (SSSR count). The number of aliphatic hydroxyl groups is 1. The van der Waals surface area contributed by atoms with E-state index in [0.29, 0.717) is 10.4 Å². The highest BCUT2D eigenvalue weighted by Crippen LogP contribution is 2.36. The predicted molar refractivity (Wildman–Crippen MR) is 60.8 cm³/mol. The number of rotatable bonds is 2. The highest BCUT2D eigenvalue weighted by atomic mass is 32.1. The van der Waals surface area contributed by atoms with Gasteiger partial charge in [-0.05, 0) is 17.0 Å². The molecule has 104 valence electrons. The summed E-state index contributed by atoms with van der Waals surface area (Å²) in [5.41, 5.74) is 0.505. The Kier molecular flexibility index (Phi) is 3.50. The Morgan fingerprint density at radius 3 is 2.84 bits per heavy atom. The van der Waals surface area contributed by atoms with Crippen LogP contribution >= 0.6 is 11.3 Å². The molecule has 0 saturated heterocycles. The maximum atomic E-state index is 12.2. The number of alkyl halides is 3. The lowest BCUT2D eigenvalue weighted by Crippen LogP contribution is -2.42. The fourth-order valence-electron chi connectivity index (χ4n) is 1.81. The van der Waals surface area contributed by atoms with E-state index >= 15 is 0 Å². The molecule has 9 heteroatoms. The van der Waals surface area contributed by atoms with Gasteiger partial charge in [0.2, 0.25) is 0 Å². The van der Waals surface area contributed by atoms with Crippen molar-refractivity contribution in [1.29, 1.82) is 0 Å². The van der Waals surface area contributed by atoms with Crippen LogP contribution in [0.2, 0.25) is 0 Å². The number of nitrogens with zero attached hydrogens (tertiary/aromatic N) is 1. The largest absolute Gasteiger partial charge is 0.471 e. The van der Waals surface area contributed by atoms with Crippen molar-refractivity contribution in [3.05, 3.63) is 21.9 Å². The summed E-state index contributed by atoms with van der Waals surface area (Å²) in [6.07, 6.45) is -6.37. The third kappa shape index (κ3) is 2.43. The first-order valence-corrected chi connectivity index (χ1v) is 5.98. The maximum absolute atomic E-state index is 12.2. The van der Waals surface area contributed by atoms with E-state index in [0.717, 1.165) is 0 Å². The zero-order valence-corrected chi connectivity index (χ0v) is 10.4. The lowest BCUT2D eigenvalue weighted by atomic mass is 10.1. The molecule has 0 fully saturated rings. The molecule has 1 heterocycles. The Morgan fingerprint density at radius 2 is 2.26 bits per heavy atom. The van der Waals surface area contributed by atoms with Crippen molar-refractivity contribution in [3.8, 4) is 0 Å². The van der Waals surface area contributed by atoms with Crippen LogP contribution in [0.15, 0.2) is 16.6 Å². The molecule has 0 bridgehead atoms. The number of thiophene rings is 1. The average molecular weight is 294 g/mol. The second-order valence-corrected chi connectivity index (χ2v) is 4.67. The van der Waals surface area contributed by atoms with Gasteiger partial charge >= 0.3 is 12.1 Å². The second kappa shape index (κ2) is 4.82. The summed E-state index contributed by atoms with van der Waals surface area (Å²) < 4.78 is 36.7. The number of hydrogen-bond donors (Lipinski definition) is 2. The summed E-state index contributed by atoms with van der Waals surface area (Å²) in [4.78, 5) is 16.0. The second-order valence-electron chi connectivity index (χ2n) is 3.76. The van der Waals surface area contributed by atoms with Gasteiger partial charge in [0, 0.05) is 0 Å². The molecule has 2 N–H and O–H groups in total. The van der Waals surface area contributed by atoms with Crippen molar-refractivity contribution in [2.45, 2.75) is 18.3 Å². The minimum absolute atomic E-state index is 0.111. The van der Waals surface area contributed by atoms with Gasteiger partial charge in [-0.25, -0.2) is 0 Å². The van der Waals surface area contributed by atoms with Gasteiger partial charge in [0.1, 0.15) is 18.9 Å². The summed E-state index contributed by atoms with van der Waals surface area (Å²) in [6, 6.07) is 0.354. The molecule has 5 nitrogen and oxygen atoms in total. The molecule has 1 aromatic rings. The van der Waals surface area contributed by atoms with Crippen molar-refractivity contribution in [1.82, 2.24) is 5.32 Å². The van der Waals surface area contributed by atoms with Crippen LogP contribution in [0.1, 0.15) is 16.5 Å². The Balaban J connectivity index is 2.29. The van der Waals surface area contributed by atoms with Gasteiger partial charge < -0.3 is 15.3 Å². The van der Waals surface area contributed by atoms with Crippen LogP contribution in [0, 0.1) is 0 Å². The molecule has 1 aromatic heterocycles.